The molecule has 2 aromatic carbocycles. The number of hydrogen-bond donors (Lipinski definition) is 2. The highest BCUT2D eigenvalue weighted by Crippen LogP contribution is 2.32. The van der Waals surface area contributed by atoms with E-state index in [1.807, 2.05) is 0 Å². The highest BCUT2D eigenvalue weighted by atomic mass is 32.1. The topological polar surface area (TPSA) is 106 Å². The molecule has 1 saturated heterocycles. The maximum Gasteiger partial charge on any atom is 0.321 e. The van der Waals surface area contributed by atoms with Gasteiger partial charge in [-0.25, -0.2) is 9.18 Å². The molecule has 11 heteroatoms. The zero-order valence-electron chi connectivity index (χ0n) is 18.7. The fourth-order valence-corrected chi connectivity index (χ4v) is 4.59. The maximum absolute atomic E-state index is 13.4. The number of methoxy groups -OCH3 is 2. The Balaban J connectivity index is 1.38. The minimum absolute atomic E-state index is 0.0295. The largest absolute Gasteiger partial charge is 0.493 e. The molecular weight excluding hydrogens is 461 g/mol. The molecule has 4 rings (SSSR count). The van der Waals surface area contributed by atoms with E-state index in [1.54, 1.807) is 36.3 Å². The second-order valence-electron chi connectivity index (χ2n) is 7.70. The van der Waals surface area contributed by atoms with Crippen LogP contribution in [0.3, 0.4) is 0 Å². The van der Waals surface area contributed by atoms with Gasteiger partial charge in [0.2, 0.25) is 5.01 Å². The van der Waals surface area contributed by atoms with Gasteiger partial charge < -0.3 is 25.0 Å². The quantitative estimate of drug-likeness (QED) is 0.538. The molecule has 1 unspecified atom stereocenters. The predicted molar refractivity (Wildman–Crippen MR) is 126 cm³/mol. The summed E-state index contributed by atoms with van der Waals surface area (Å²) in [7, 11) is 3.08. The first-order chi connectivity index (χ1) is 16.5. The van der Waals surface area contributed by atoms with Crippen LogP contribution < -0.4 is 20.1 Å². The molecule has 1 atom stereocenters. The summed E-state index contributed by atoms with van der Waals surface area (Å²) in [6.45, 7) is 1.07. The maximum atomic E-state index is 13.4. The molecular formula is C23H24FN5O4S. The second kappa shape index (κ2) is 10.5. The summed E-state index contributed by atoms with van der Waals surface area (Å²) < 4.78 is 23.9. The van der Waals surface area contributed by atoms with Crippen LogP contribution in [0.25, 0.3) is 0 Å². The molecule has 0 bridgehead atoms. The summed E-state index contributed by atoms with van der Waals surface area (Å²) in [6.07, 6.45) is 1.63. The molecule has 0 spiro atoms. The predicted octanol–water partition coefficient (Wildman–Crippen LogP) is 4.36. The van der Waals surface area contributed by atoms with Gasteiger partial charge in [0.15, 0.2) is 11.5 Å². The Morgan fingerprint density at radius 1 is 1.06 bits per heavy atom. The first-order valence-electron chi connectivity index (χ1n) is 10.6. The summed E-state index contributed by atoms with van der Waals surface area (Å²) in [4.78, 5) is 27.1. The summed E-state index contributed by atoms with van der Waals surface area (Å²) in [5.41, 5.74) is 0.939. The van der Waals surface area contributed by atoms with Gasteiger partial charge in [0, 0.05) is 36.4 Å². The molecule has 3 aromatic rings. The first kappa shape index (κ1) is 23.4. The molecule has 1 aliphatic heterocycles. The number of rotatable bonds is 6. The van der Waals surface area contributed by atoms with Crippen molar-refractivity contribution >= 4 is 34.6 Å². The second-order valence-corrected chi connectivity index (χ2v) is 8.70. The summed E-state index contributed by atoms with van der Waals surface area (Å²) in [5.74, 6) is 0.178. The van der Waals surface area contributed by atoms with E-state index in [0.717, 1.165) is 12.8 Å². The number of anilines is 2. The van der Waals surface area contributed by atoms with Crippen molar-refractivity contribution < 1.29 is 23.5 Å². The van der Waals surface area contributed by atoms with Crippen LogP contribution >= 0.6 is 11.3 Å². The molecule has 1 aromatic heterocycles. The fraction of sp³-hybridized carbons (Fsp3) is 0.304. The number of halogens is 1. The zero-order chi connectivity index (χ0) is 24.1. The van der Waals surface area contributed by atoms with Crippen LogP contribution in [0.1, 0.15) is 33.6 Å². The summed E-state index contributed by atoms with van der Waals surface area (Å²) in [5, 5.41) is 14.6. The number of amides is 3. The van der Waals surface area contributed by atoms with Crippen LogP contribution in [0, 0.1) is 5.82 Å². The van der Waals surface area contributed by atoms with E-state index in [1.165, 1.54) is 36.6 Å². The molecule has 0 radical (unpaired) electrons. The minimum atomic E-state index is -0.451. The number of benzene rings is 2. The lowest BCUT2D eigenvalue weighted by Crippen LogP contribution is -2.41. The zero-order valence-corrected chi connectivity index (χ0v) is 19.5. The van der Waals surface area contributed by atoms with Gasteiger partial charge in [-0.1, -0.05) is 17.4 Å². The van der Waals surface area contributed by atoms with Gasteiger partial charge in [0.1, 0.15) is 10.8 Å². The highest BCUT2D eigenvalue weighted by Gasteiger charge is 2.28. The molecule has 2 heterocycles. The molecule has 178 valence electrons. The summed E-state index contributed by atoms with van der Waals surface area (Å²) >= 11 is 1.18. The van der Waals surface area contributed by atoms with E-state index in [9.17, 15) is 14.0 Å². The van der Waals surface area contributed by atoms with Gasteiger partial charge in [-0.3, -0.25) is 4.79 Å². The number of nitrogens with one attached hydrogen (secondary N) is 2. The van der Waals surface area contributed by atoms with Crippen molar-refractivity contribution in [1.29, 1.82) is 0 Å². The Morgan fingerprint density at radius 2 is 1.85 bits per heavy atom. The van der Waals surface area contributed by atoms with Crippen molar-refractivity contribution in [2.45, 2.75) is 18.8 Å². The van der Waals surface area contributed by atoms with Gasteiger partial charge >= 0.3 is 6.03 Å². The number of ether oxygens (including phenoxy) is 2. The lowest BCUT2D eigenvalue weighted by molar-refractivity contribution is 0.102. The molecule has 0 aliphatic carbocycles. The third kappa shape index (κ3) is 5.42. The van der Waals surface area contributed by atoms with Crippen LogP contribution in [0.5, 0.6) is 11.5 Å². The van der Waals surface area contributed by atoms with Crippen LogP contribution in [-0.4, -0.2) is 54.3 Å². The first-order valence-corrected chi connectivity index (χ1v) is 11.5. The molecule has 9 nitrogen and oxygen atoms in total. The SMILES string of the molecule is COc1ccc(NC(=O)N2CCCC(c3nnc(C(=O)Nc4cccc(F)c4)s3)C2)cc1OC. The van der Waals surface area contributed by atoms with E-state index in [0.29, 0.717) is 41.0 Å². The lowest BCUT2D eigenvalue weighted by Gasteiger charge is -2.31. The van der Waals surface area contributed by atoms with Crippen molar-refractivity contribution in [3.05, 3.63) is 58.3 Å². The Labute approximate surface area is 199 Å². The normalized spacial score (nSPS) is 15.5. The molecule has 1 aliphatic rings. The number of hydrogen-bond acceptors (Lipinski definition) is 7. The Bertz CT molecular complexity index is 1190. The van der Waals surface area contributed by atoms with E-state index >= 15 is 0 Å². The van der Waals surface area contributed by atoms with Crippen LogP contribution in [0.2, 0.25) is 0 Å². The minimum Gasteiger partial charge on any atom is -0.493 e. The number of likely N-dealkylation sites (tertiary alicyclic amines) is 1. The van der Waals surface area contributed by atoms with Crippen LogP contribution in [0.15, 0.2) is 42.5 Å². The van der Waals surface area contributed by atoms with Crippen molar-refractivity contribution in [3.8, 4) is 11.5 Å². The monoisotopic (exact) mass is 485 g/mol. The van der Waals surface area contributed by atoms with Gasteiger partial charge in [0.05, 0.1) is 14.2 Å². The van der Waals surface area contributed by atoms with Gasteiger partial charge in [-0.2, -0.15) is 0 Å². The number of carbonyl (C=O) groups excluding carboxylic acids is 2. The van der Waals surface area contributed by atoms with E-state index in [2.05, 4.69) is 20.8 Å². The molecule has 1 fully saturated rings. The van der Waals surface area contributed by atoms with Crippen molar-refractivity contribution in [2.24, 2.45) is 0 Å². The van der Waals surface area contributed by atoms with Crippen LogP contribution in [0.4, 0.5) is 20.6 Å². The third-order valence-corrected chi connectivity index (χ3v) is 6.49. The number of aromatic nitrogens is 2. The molecule has 34 heavy (non-hydrogen) atoms. The average molecular weight is 486 g/mol. The lowest BCUT2D eigenvalue weighted by atomic mass is 9.99. The number of nitrogens with zero attached hydrogens (tertiary/aromatic N) is 3. The van der Waals surface area contributed by atoms with E-state index in [-0.39, 0.29) is 17.0 Å². The van der Waals surface area contributed by atoms with Crippen molar-refractivity contribution in [2.75, 3.05) is 37.9 Å². The Kier molecular flexibility index (Phi) is 7.21. The smallest absolute Gasteiger partial charge is 0.321 e. The highest BCUT2D eigenvalue weighted by molar-refractivity contribution is 7.13. The number of piperidine rings is 1. The molecule has 2 N–H and O–H groups in total. The van der Waals surface area contributed by atoms with Gasteiger partial charge in [0.25, 0.3) is 5.91 Å². The van der Waals surface area contributed by atoms with Crippen molar-refractivity contribution in [3.63, 3.8) is 0 Å². The van der Waals surface area contributed by atoms with Crippen molar-refractivity contribution in [1.82, 2.24) is 15.1 Å². The van der Waals surface area contributed by atoms with E-state index < -0.39 is 11.7 Å². The fourth-order valence-electron chi connectivity index (χ4n) is 3.72. The molecule has 0 saturated carbocycles. The third-order valence-electron chi connectivity index (χ3n) is 5.41. The van der Waals surface area contributed by atoms with Gasteiger partial charge in [-0.05, 0) is 43.2 Å². The van der Waals surface area contributed by atoms with Gasteiger partial charge in [-0.15, -0.1) is 10.2 Å². The van der Waals surface area contributed by atoms with Crippen LogP contribution in [-0.2, 0) is 0 Å². The average Bonchev–Trinajstić information content (AvgIpc) is 3.35. The number of carbonyl (C=O) groups is 2. The Morgan fingerprint density at radius 3 is 2.62 bits per heavy atom. The summed E-state index contributed by atoms with van der Waals surface area (Å²) in [6, 6.07) is 10.6. The Hall–Kier alpha value is -3.73. The standard InChI is InChI=1S/C23H24FN5O4S/c1-32-18-9-8-17(12-19(18)33-2)26-23(31)29-10-4-5-14(13-29)21-27-28-22(34-21)20(30)25-16-7-3-6-15(24)11-16/h3,6-9,11-12,14H,4-5,10,13H2,1-2H3,(H,25,30)(H,26,31). The molecule has 3 amide bonds. The van der Waals surface area contributed by atoms with E-state index in [4.69, 9.17) is 9.47 Å². The number of urea groups is 1.